The molecule has 0 heterocycles. The van der Waals surface area contributed by atoms with Crippen LogP contribution < -0.4 is 14.8 Å². The van der Waals surface area contributed by atoms with Crippen molar-refractivity contribution in [2.24, 2.45) is 0 Å². The zero-order valence-electron chi connectivity index (χ0n) is 12.4. The first-order chi connectivity index (χ1) is 11.0. The van der Waals surface area contributed by atoms with Crippen LogP contribution in [-0.2, 0) is 0 Å². The van der Waals surface area contributed by atoms with Crippen molar-refractivity contribution in [3.63, 3.8) is 0 Å². The lowest BCUT2D eigenvalue weighted by Gasteiger charge is -2.11. The molecule has 0 bridgehead atoms. The average molecular weight is 336 g/mol. The smallest absolute Gasteiger partial charge is 0.255 e. The van der Waals surface area contributed by atoms with Crippen molar-refractivity contribution in [1.82, 2.24) is 0 Å². The molecule has 1 N–H and O–H groups in total. The molecule has 0 aliphatic carbocycles. The number of nitrogens with one attached hydrogen (secondary N) is 1. The Morgan fingerprint density at radius 1 is 1.30 bits per heavy atom. The highest BCUT2D eigenvalue weighted by Gasteiger charge is 2.13. The second-order valence-electron chi connectivity index (χ2n) is 4.54. The van der Waals surface area contributed by atoms with E-state index in [0.29, 0.717) is 23.7 Å². The fraction of sp³-hybridized carbons (Fsp3) is 0.118. The number of rotatable bonds is 6. The Kier molecular flexibility index (Phi) is 5.60. The number of amides is 1. The van der Waals surface area contributed by atoms with Crippen LogP contribution in [0.2, 0.25) is 5.02 Å². The Labute approximate surface area is 138 Å². The van der Waals surface area contributed by atoms with Crippen LogP contribution >= 0.6 is 11.6 Å². The van der Waals surface area contributed by atoms with Gasteiger partial charge in [-0.25, -0.2) is 4.39 Å². The van der Waals surface area contributed by atoms with Crippen molar-refractivity contribution in [3.8, 4) is 11.5 Å². The zero-order chi connectivity index (χ0) is 16.8. The van der Waals surface area contributed by atoms with Gasteiger partial charge in [-0.05, 0) is 36.4 Å². The van der Waals surface area contributed by atoms with E-state index in [4.69, 9.17) is 21.1 Å². The van der Waals surface area contributed by atoms with Crippen molar-refractivity contribution in [2.45, 2.75) is 0 Å². The number of halogens is 2. The van der Waals surface area contributed by atoms with Crippen molar-refractivity contribution >= 4 is 23.2 Å². The minimum Gasteiger partial charge on any atom is -0.493 e. The largest absolute Gasteiger partial charge is 0.493 e. The summed E-state index contributed by atoms with van der Waals surface area (Å²) in [7, 11) is 1.47. The summed E-state index contributed by atoms with van der Waals surface area (Å²) >= 11 is 5.68. The summed E-state index contributed by atoms with van der Waals surface area (Å²) in [5.74, 6) is -0.193. The van der Waals surface area contributed by atoms with Crippen LogP contribution in [0.1, 0.15) is 10.4 Å². The molecular formula is C17H15ClFNO3. The van der Waals surface area contributed by atoms with Gasteiger partial charge in [0.05, 0.1) is 12.8 Å². The van der Waals surface area contributed by atoms with Gasteiger partial charge in [0.25, 0.3) is 5.91 Å². The molecule has 6 heteroatoms. The molecule has 0 aliphatic heterocycles. The van der Waals surface area contributed by atoms with E-state index in [2.05, 4.69) is 11.9 Å². The molecule has 0 aromatic heterocycles. The number of carbonyl (C=O) groups excluding carboxylic acids is 1. The van der Waals surface area contributed by atoms with Crippen LogP contribution in [0.3, 0.4) is 0 Å². The Bertz CT molecular complexity index is 734. The number of hydrogen-bond donors (Lipinski definition) is 1. The molecule has 2 aromatic carbocycles. The first-order valence-corrected chi connectivity index (χ1v) is 7.11. The summed E-state index contributed by atoms with van der Waals surface area (Å²) in [5.41, 5.74) is 0.354. The van der Waals surface area contributed by atoms with E-state index < -0.39 is 11.7 Å². The van der Waals surface area contributed by atoms with Gasteiger partial charge in [0, 0.05) is 10.6 Å². The standard InChI is InChI=1S/C17H15ClFNO3/c1-3-8-23-15-7-4-11(9-16(15)22-2)17(21)20-14-6-5-12(18)10-13(14)19/h3-7,9-10H,1,8H2,2H3,(H,20,21). The molecule has 0 saturated heterocycles. The van der Waals surface area contributed by atoms with E-state index in [1.807, 2.05) is 0 Å². The first kappa shape index (κ1) is 16.8. The molecule has 4 nitrogen and oxygen atoms in total. The highest BCUT2D eigenvalue weighted by atomic mass is 35.5. The SMILES string of the molecule is C=CCOc1ccc(C(=O)Nc2ccc(Cl)cc2F)cc1OC. The molecule has 23 heavy (non-hydrogen) atoms. The highest BCUT2D eigenvalue weighted by molar-refractivity contribution is 6.30. The third-order valence-corrected chi connectivity index (χ3v) is 3.20. The maximum atomic E-state index is 13.7. The van der Waals surface area contributed by atoms with Gasteiger partial charge >= 0.3 is 0 Å². The third kappa shape index (κ3) is 4.23. The van der Waals surface area contributed by atoms with Crippen LogP contribution in [-0.4, -0.2) is 19.6 Å². The minimum atomic E-state index is -0.608. The predicted octanol–water partition coefficient (Wildman–Crippen LogP) is 4.30. The summed E-state index contributed by atoms with van der Waals surface area (Å²) in [4.78, 5) is 12.2. The summed E-state index contributed by atoms with van der Waals surface area (Å²) < 4.78 is 24.3. The number of methoxy groups -OCH3 is 1. The maximum absolute atomic E-state index is 13.7. The number of benzene rings is 2. The lowest BCUT2D eigenvalue weighted by atomic mass is 10.1. The fourth-order valence-electron chi connectivity index (χ4n) is 1.86. The van der Waals surface area contributed by atoms with Gasteiger partial charge in [0.15, 0.2) is 11.5 Å². The quantitative estimate of drug-likeness (QED) is 0.800. The third-order valence-electron chi connectivity index (χ3n) is 2.96. The topological polar surface area (TPSA) is 47.6 Å². The van der Waals surface area contributed by atoms with Crippen molar-refractivity contribution < 1.29 is 18.7 Å². The maximum Gasteiger partial charge on any atom is 0.255 e. The van der Waals surface area contributed by atoms with Crippen LogP contribution in [0.25, 0.3) is 0 Å². The molecule has 0 atom stereocenters. The van der Waals surface area contributed by atoms with Gasteiger partial charge in [-0.3, -0.25) is 4.79 Å². The molecule has 1 amide bonds. The van der Waals surface area contributed by atoms with E-state index in [9.17, 15) is 9.18 Å². The zero-order valence-corrected chi connectivity index (χ0v) is 13.2. The van der Waals surface area contributed by atoms with Gasteiger partial charge in [-0.2, -0.15) is 0 Å². The molecule has 0 fully saturated rings. The van der Waals surface area contributed by atoms with E-state index in [-0.39, 0.29) is 10.7 Å². The van der Waals surface area contributed by atoms with Gasteiger partial charge in [0.1, 0.15) is 12.4 Å². The van der Waals surface area contributed by atoms with Crippen LogP contribution in [0.4, 0.5) is 10.1 Å². The summed E-state index contributed by atoms with van der Waals surface area (Å²) in [6.45, 7) is 3.88. The number of anilines is 1. The number of carbonyl (C=O) groups is 1. The summed E-state index contributed by atoms with van der Waals surface area (Å²) in [6.07, 6.45) is 1.60. The lowest BCUT2D eigenvalue weighted by Crippen LogP contribution is -2.13. The van der Waals surface area contributed by atoms with E-state index in [0.717, 1.165) is 6.07 Å². The van der Waals surface area contributed by atoms with Gasteiger partial charge in [-0.15, -0.1) is 0 Å². The Balaban J connectivity index is 2.20. The fourth-order valence-corrected chi connectivity index (χ4v) is 2.02. The first-order valence-electron chi connectivity index (χ1n) is 6.73. The highest BCUT2D eigenvalue weighted by Crippen LogP contribution is 2.28. The molecule has 0 saturated carbocycles. The normalized spacial score (nSPS) is 10.0. The molecule has 120 valence electrons. The molecule has 0 radical (unpaired) electrons. The minimum absolute atomic E-state index is 0.0466. The van der Waals surface area contributed by atoms with Crippen molar-refractivity contribution in [2.75, 3.05) is 19.0 Å². The lowest BCUT2D eigenvalue weighted by molar-refractivity contribution is 0.102. The number of ether oxygens (including phenoxy) is 2. The van der Waals surface area contributed by atoms with E-state index in [1.165, 1.54) is 25.3 Å². The van der Waals surface area contributed by atoms with Gasteiger partial charge in [-0.1, -0.05) is 24.3 Å². The Morgan fingerprint density at radius 2 is 2.09 bits per heavy atom. The number of hydrogen-bond acceptors (Lipinski definition) is 3. The second kappa shape index (κ2) is 7.65. The predicted molar refractivity (Wildman–Crippen MR) is 88.0 cm³/mol. The van der Waals surface area contributed by atoms with E-state index >= 15 is 0 Å². The van der Waals surface area contributed by atoms with Crippen LogP contribution in [0.5, 0.6) is 11.5 Å². The molecule has 2 aromatic rings. The molecule has 0 aliphatic rings. The van der Waals surface area contributed by atoms with Crippen molar-refractivity contribution in [3.05, 3.63) is 65.5 Å². The van der Waals surface area contributed by atoms with Gasteiger partial charge in [0.2, 0.25) is 0 Å². The molecular weight excluding hydrogens is 321 g/mol. The summed E-state index contributed by atoms with van der Waals surface area (Å²) in [5, 5.41) is 2.74. The molecule has 2 rings (SSSR count). The van der Waals surface area contributed by atoms with Gasteiger partial charge < -0.3 is 14.8 Å². The second-order valence-corrected chi connectivity index (χ2v) is 4.98. The summed E-state index contributed by atoms with van der Waals surface area (Å²) in [6, 6.07) is 8.70. The monoisotopic (exact) mass is 335 g/mol. The average Bonchev–Trinajstić information content (AvgIpc) is 2.55. The van der Waals surface area contributed by atoms with Crippen LogP contribution in [0.15, 0.2) is 49.1 Å². The van der Waals surface area contributed by atoms with E-state index in [1.54, 1.807) is 18.2 Å². The van der Waals surface area contributed by atoms with Crippen molar-refractivity contribution in [1.29, 1.82) is 0 Å². The molecule has 0 unspecified atom stereocenters. The Hall–Kier alpha value is -2.53. The van der Waals surface area contributed by atoms with Crippen LogP contribution in [0, 0.1) is 5.82 Å². The Morgan fingerprint density at radius 3 is 2.74 bits per heavy atom. The molecule has 0 spiro atoms.